The van der Waals surface area contributed by atoms with E-state index in [4.69, 9.17) is 13.9 Å². The molecule has 0 radical (unpaired) electrons. The van der Waals surface area contributed by atoms with E-state index in [1.165, 1.54) is 0 Å². The van der Waals surface area contributed by atoms with Crippen molar-refractivity contribution in [1.29, 1.82) is 0 Å². The fourth-order valence-corrected chi connectivity index (χ4v) is 4.42. The highest BCUT2D eigenvalue weighted by Gasteiger charge is 2.19. The van der Waals surface area contributed by atoms with Crippen molar-refractivity contribution in [3.8, 4) is 22.6 Å². The molecule has 6 nitrogen and oxygen atoms in total. The second kappa shape index (κ2) is 8.89. The summed E-state index contributed by atoms with van der Waals surface area (Å²) >= 11 is 1.55. The highest BCUT2D eigenvalue weighted by molar-refractivity contribution is 8.14. The van der Waals surface area contributed by atoms with Crippen molar-refractivity contribution < 1.29 is 18.7 Å². The molecule has 0 spiro atoms. The van der Waals surface area contributed by atoms with Crippen LogP contribution in [0.5, 0.6) is 11.5 Å². The van der Waals surface area contributed by atoms with E-state index in [9.17, 15) is 4.79 Å². The quantitative estimate of drug-likeness (QED) is 0.567. The number of aryl methyl sites for hydroxylation is 1. The van der Waals surface area contributed by atoms with E-state index in [0.29, 0.717) is 10.9 Å². The number of hydrogen-bond donors (Lipinski definition) is 1. The van der Waals surface area contributed by atoms with Gasteiger partial charge < -0.3 is 19.2 Å². The van der Waals surface area contributed by atoms with Crippen LogP contribution in [0.2, 0.25) is 0 Å². The first-order valence-corrected chi connectivity index (χ1v) is 10.9. The Labute approximate surface area is 185 Å². The number of benzene rings is 2. The molecule has 0 atom stereocenters. The summed E-state index contributed by atoms with van der Waals surface area (Å²) in [7, 11) is 3.27. The number of furan rings is 1. The van der Waals surface area contributed by atoms with E-state index in [2.05, 4.69) is 10.3 Å². The van der Waals surface area contributed by atoms with Crippen molar-refractivity contribution in [3.63, 3.8) is 0 Å². The summed E-state index contributed by atoms with van der Waals surface area (Å²) in [4.78, 5) is 16.7. The molecule has 0 aliphatic carbocycles. The lowest BCUT2D eigenvalue weighted by molar-refractivity contribution is -0.115. The largest absolute Gasteiger partial charge is 0.497 e. The van der Waals surface area contributed by atoms with Crippen molar-refractivity contribution in [1.82, 2.24) is 5.32 Å². The van der Waals surface area contributed by atoms with Crippen LogP contribution in [0, 0.1) is 6.92 Å². The molecule has 1 amide bonds. The Hall–Kier alpha value is -3.19. The third-order valence-corrected chi connectivity index (χ3v) is 6.13. The van der Waals surface area contributed by atoms with Crippen molar-refractivity contribution >= 4 is 39.4 Å². The molecule has 0 fully saturated rings. The third-order valence-electron chi connectivity index (χ3n) is 5.24. The number of fused-ring (bicyclic) bond motifs is 1. The van der Waals surface area contributed by atoms with Gasteiger partial charge in [-0.05, 0) is 43.2 Å². The number of aliphatic imine (C=N–C) groups is 1. The normalized spacial score (nSPS) is 13.9. The van der Waals surface area contributed by atoms with Crippen LogP contribution in [0.25, 0.3) is 27.7 Å². The summed E-state index contributed by atoms with van der Waals surface area (Å²) in [5.41, 5.74) is 5.29. The number of rotatable bonds is 5. The summed E-state index contributed by atoms with van der Waals surface area (Å²) in [6.07, 6.45) is 3.33. The van der Waals surface area contributed by atoms with Gasteiger partial charge in [-0.2, -0.15) is 0 Å². The average Bonchev–Trinajstić information content (AvgIpc) is 3.43. The Bertz CT molecular complexity index is 1190. The van der Waals surface area contributed by atoms with Crippen LogP contribution >= 0.6 is 11.8 Å². The van der Waals surface area contributed by atoms with E-state index >= 15 is 0 Å². The number of nitrogens with zero attached hydrogens (tertiary/aromatic N) is 1. The third kappa shape index (κ3) is 4.18. The van der Waals surface area contributed by atoms with Gasteiger partial charge in [0.05, 0.1) is 27.0 Å². The second-order valence-electron chi connectivity index (χ2n) is 7.19. The molecule has 3 aromatic rings. The molecular weight excluding hydrogens is 412 g/mol. The molecule has 1 aliphatic rings. The Morgan fingerprint density at radius 2 is 2.00 bits per heavy atom. The lowest BCUT2D eigenvalue weighted by atomic mass is 9.96. The summed E-state index contributed by atoms with van der Waals surface area (Å²) in [5, 5.41) is 4.47. The van der Waals surface area contributed by atoms with E-state index in [1.54, 1.807) is 38.3 Å². The number of ether oxygens (including phenoxy) is 2. The zero-order chi connectivity index (χ0) is 22.0. The molecule has 2 heterocycles. The number of amides is 1. The van der Waals surface area contributed by atoms with Crippen molar-refractivity contribution in [2.24, 2.45) is 4.99 Å². The Morgan fingerprint density at radius 1 is 1.23 bits per heavy atom. The minimum absolute atomic E-state index is 0.201. The molecule has 160 valence electrons. The minimum atomic E-state index is -0.201. The summed E-state index contributed by atoms with van der Waals surface area (Å²) in [5.74, 6) is 2.19. The SMILES string of the molecule is COc1ccc(-c2coc3c(C)c(OC)c(/C(C)=C/C(=O)NC4=NCCS4)cc23)cc1. The van der Waals surface area contributed by atoms with Gasteiger partial charge in [-0.15, -0.1) is 0 Å². The molecule has 4 rings (SSSR count). The Morgan fingerprint density at radius 3 is 2.65 bits per heavy atom. The minimum Gasteiger partial charge on any atom is -0.497 e. The molecular formula is C24H24N2O4S. The molecule has 0 unspecified atom stereocenters. The highest BCUT2D eigenvalue weighted by atomic mass is 32.2. The maximum atomic E-state index is 12.5. The Kier molecular flexibility index (Phi) is 6.04. The van der Waals surface area contributed by atoms with Crippen molar-refractivity contribution in [2.75, 3.05) is 26.5 Å². The van der Waals surface area contributed by atoms with Crippen LogP contribution < -0.4 is 14.8 Å². The molecule has 0 bridgehead atoms. The first kappa shape index (κ1) is 21.1. The van der Waals surface area contributed by atoms with Crippen LogP contribution in [0.4, 0.5) is 0 Å². The van der Waals surface area contributed by atoms with Gasteiger partial charge in [0.2, 0.25) is 5.91 Å². The van der Waals surface area contributed by atoms with Crippen molar-refractivity contribution in [3.05, 3.63) is 53.8 Å². The van der Waals surface area contributed by atoms with Gasteiger partial charge >= 0.3 is 0 Å². The predicted octanol–water partition coefficient (Wildman–Crippen LogP) is 5.05. The lowest BCUT2D eigenvalue weighted by Gasteiger charge is -2.13. The fraction of sp³-hybridized carbons (Fsp3) is 0.250. The number of thioether (sulfide) groups is 1. The number of allylic oxidation sites excluding steroid dienone is 1. The molecule has 0 saturated carbocycles. The van der Waals surface area contributed by atoms with Crippen LogP contribution in [-0.4, -0.2) is 37.6 Å². The zero-order valence-electron chi connectivity index (χ0n) is 17.9. The number of methoxy groups -OCH3 is 2. The van der Waals surface area contributed by atoms with Gasteiger partial charge in [-0.1, -0.05) is 23.9 Å². The van der Waals surface area contributed by atoms with Gasteiger partial charge in [0, 0.05) is 33.9 Å². The Balaban J connectivity index is 1.76. The molecule has 1 aromatic heterocycles. The average molecular weight is 437 g/mol. The first-order valence-electron chi connectivity index (χ1n) is 9.92. The van der Waals surface area contributed by atoms with E-state index in [0.717, 1.165) is 56.8 Å². The monoisotopic (exact) mass is 436 g/mol. The van der Waals surface area contributed by atoms with Crippen molar-refractivity contribution in [2.45, 2.75) is 13.8 Å². The van der Waals surface area contributed by atoms with Gasteiger partial charge in [-0.3, -0.25) is 9.79 Å². The molecule has 2 aromatic carbocycles. The van der Waals surface area contributed by atoms with E-state index in [1.807, 2.05) is 44.2 Å². The maximum absolute atomic E-state index is 12.5. The molecule has 7 heteroatoms. The molecule has 31 heavy (non-hydrogen) atoms. The summed E-state index contributed by atoms with van der Waals surface area (Å²) in [6.45, 7) is 4.60. The smallest absolute Gasteiger partial charge is 0.250 e. The zero-order valence-corrected chi connectivity index (χ0v) is 18.8. The maximum Gasteiger partial charge on any atom is 0.250 e. The molecule has 1 aliphatic heterocycles. The van der Waals surface area contributed by atoms with E-state index in [-0.39, 0.29) is 5.91 Å². The number of nitrogens with one attached hydrogen (secondary N) is 1. The summed E-state index contributed by atoms with van der Waals surface area (Å²) in [6, 6.07) is 9.86. The van der Waals surface area contributed by atoms with Gasteiger partial charge in [0.25, 0.3) is 0 Å². The molecule has 0 saturated heterocycles. The van der Waals surface area contributed by atoms with Crippen LogP contribution in [0.3, 0.4) is 0 Å². The van der Waals surface area contributed by atoms with Crippen LogP contribution in [0.1, 0.15) is 18.1 Å². The summed E-state index contributed by atoms with van der Waals surface area (Å²) < 4.78 is 16.9. The number of carbonyl (C=O) groups is 1. The lowest BCUT2D eigenvalue weighted by Crippen LogP contribution is -2.25. The topological polar surface area (TPSA) is 73.1 Å². The second-order valence-corrected chi connectivity index (χ2v) is 8.27. The van der Waals surface area contributed by atoms with Gasteiger partial charge in [0.1, 0.15) is 17.1 Å². The van der Waals surface area contributed by atoms with Gasteiger partial charge in [0.15, 0.2) is 5.17 Å². The van der Waals surface area contributed by atoms with Crippen LogP contribution in [0.15, 0.2) is 52.1 Å². The predicted molar refractivity (Wildman–Crippen MR) is 126 cm³/mol. The standard InChI is InChI=1S/C24H24N2O4S/c1-14(11-21(27)26-24-25-9-10-31-24)18-12-19-20(16-5-7-17(28-3)8-6-16)13-30-23(19)15(2)22(18)29-4/h5-8,11-13H,9-10H2,1-4H3,(H,25,26,27)/b14-11+. The fourth-order valence-electron chi connectivity index (χ4n) is 3.69. The number of amidine groups is 1. The highest BCUT2D eigenvalue weighted by Crippen LogP contribution is 2.40. The number of hydrogen-bond acceptors (Lipinski definition) is 6. The molecule has 1 N–H and O–H groups in total. The van der Waals surface area contributed by atoms with Gasteiger partial charge in [-0.25, -0.2) is 0 Å². The first-order chi connectivity index (χ1) is 15.0. The number of carbonyl (C=O) groups excluding carboxylic acids is 1. The van der Waals surface area contributed by atoms with Crippen LogP contribution in [-0.2, 0) is 4.79 Å². The van der Waals surface area contributed by atoms with E-state index < -0.39 is 0 Å².